The normalized spacial score (nSPS) is 12.6. The van der Waals surface area contributed by atoms with E-state index in [1.807, 2.05) is 0 Å². The Morgan fingerprint density at radius 2 is 1.13 bits per heavy atom. The van der Waals surface area contributed by atoms with E-state index < -0.39 is 0 Å². The molecule has 0 spiro atoms. The van der Waals surface area contributed by atoms with Crippen molar-refractivity contribution < 1.29 is 4.79 Å². The van der Waals surface area contributed by atoms with Gasteiger partial charge in [0.2, 0.25) is 6.29 Å². The number of allylic oxidation sites excluding steroid dienone is 2. The van der Waals surface area contributed by atoms with E-state index in [0.717, 1.165) is 24.8 Å². The number of hydrogen-bond donors (Lipinski definition) is 0. The average Bonchev–Trinajstić information content (AvgIpc) is 2.54. The smallest absolute Gasteiger partial charge is 0.229 e. The number of rotatable bonds is 16. The van der Waals surface area contributed by atoms with E-state index in [9.17, 15) is 4.79 Å². The molecule has 0 amide bonds. The van der Waals surface area contributed by atoms with Crippen molar-refractivity contribution in [2.24, 2.45) is 5.92 Å². The summed E-state index contributed by atoms with van der Waals surface area (Å²) in [5.41, 5.74) is 2.37. The van der Waals surface area contributed by atoms with Crippen LogP contribution in [0.15, 0.2) is 11.1 Å². The van der Waals surface area contributed by atoms with E-state index in [1.54, 1.807) is 0 Å². The zero-order valence-electron chi connectivity index (χ0n) is 16.4. The van der Waals surface area contributed by atoms with Crippen LogP contribution in [-0.4, -0.2) is 6.29 Å². The maximum atomic E-state index is 11.4. The van der Waals surface area contributed by atoms with Crippen molar-refractivity contribution in [1.82, 2.24) is 0 Å². The Morgan fingerprint density at radius 1 is 0.696 bits per heavy atom. The topological polar surface area (TPSA) is 17.1 Å². The molecule has 0 aromatic rings. The molecule has 1 heteroatoms. The molecule has 0 heterocycles. The average molecular weight is 322 g/mol. The monoisotopic (exact) mass is 321 g/mol. The zero-order chi connectivity index (χ0) is 17.3. The molecule has 0 unspecified atom stereocenters. The molecule has 0 N–H and O–H groups in total. The van der Waals surface area contributed by atoms with Crippen LogP contribution in [0.2, 0.25) is 0 Å². The lowest BCUT2D eigenvalue weighted by molar-refractivity contribution is 0.550. The molecule has 0 rings (SSSR count). The van der Waals surface area contributed by atoms with Crippen LogP contribution in [0.25, 0.3) is 0 Å². The highest BCUT2D eigenvalue weighted by Gasteiger charge is 2.11. The quantitative estimate of drug-likeness (QED) is 0.212. The first-order valence-corrected chi connectivity index (χ1v) is 10.3. The predicted octanol–water partition coefficient (Wildman–Crippen LogP) is 7.55. The molecule has 0 aliphatic heterocycles. The summed E-state index contributed by atoms with van der Waals surface area (Å²) in [6.45, 7) is 8.96. The van der Waals surface area contributed by atoms with Gasteiger partial charge in [0, 0.05) is 5.57 Å². The molecule has 135 valence electrons. The molecule has 0 aromatic carbocycles. The summed E-state index contributed by atoms with van der Waals surface area (Å²) in [7, 11) is 0. The maximum Gasteiger partial charge on any atom is 0.229 e. The molecule has 0 atom stereocenters. The SMILES string of the molecule is CCCCCCCCC([C]=O)=C(CCCCCCCC)C(C)C. The van der Waals surface area contributed by atoms with Gasteiger partial charge in [-0.25, -0.2) is 0 Å². The first-order valence-electron chi connectivity index (χ1n) is 10.3. The summed E-state index contributed by atoms with van der Waals surface area (Å²) in [4.78, 5) is 11.4. The number of hydrogen-bond acceptors (Lipinski definition) is 1. The van der Waals surface area contributed by atoms with Crippen LogP contribution in [-0.2, 0) is 4.79 Å². The molecule has 0 aliphatic carbocycles. The third kappa shape index (κ3) is 12.5. The van der Waals surface area contributed by atoms with Crippen LogP contribution in [0.1, 0.15) is 118 Å². The van der Waals surface area contributed by atoms with Crippen LogP contribution >= 0.6 is 0 Å². The third-order valence-electron chi connectivity index (χ3n) is 4.79. The molecule has 1 radical (unpaired) electrons. The van der Waals surface area contributed by atoms with Gasteiger partial charge >= 0.3 is 0 Å². The van der Waals surface area contributed by atoms with Crippen molar-refractivity contribution in [1.29, 1.82) is 0 Å². The van der Waals surface area contributed by atoms with Crippen LogP contribution in [0.4, 0.5) is 0 Å². The van der Waals surface area contributed by atoms with Crippen molar-refractivity contribution in [3.05, 3.63) is 11.1 Å². The van der Waals surface area contributed by atoms with Crippen molar-refractivity contribution in [2.75, 3.05) is 0 Å². The van der Waals surface area contributed by atoms with E-state index in [1.165, 1.54) is 76.2 Å². The van der Waals surface area contributed by atoms with Gasteiger partial charge in [-0.2, -0.15) is 0 Å². The molecule has 1 nitrogen and oxygen atoms in total. The molecule has 0 saturated carbocycles. The third-order valence-corrected chi connectivity index (χ3v) is 4.79. The Balaban J connectivity index is 4.18. The minimum atomic E-state index is 0.488. The van der Waals surface area contributed by atoms with Gasteiger partial charge in [0.25, 0.3) is 0 Å². The minimum Gasteiger partial charge on any atom is -0.285 e. The van der Waals surface area contributed by atoms with E-state index in [4.69, 9.17) is 0 Å². The largest absolute Gasteiger partial charge is 0.285 e. The van der Waals surface area contributed by atoms with Gasteiger partial charge in [0.15, 0.2) is 0 Å². The van der Waals surface area contributed by atoms with Crippen LogP contribution in [0.3, 0.4) is 0 Å². The van der Waals surface area contributed by atoms with Gasteiger partial charge in [-0.05, 0) is 31.6 Å². The fraction of sp³-hybridized carbons (Fsp3) is 0.864. The lowest BCUT2D eigenvalue weighted by Gasteiger charge is -2.15. The Hall–Kier alpha value is -0.590. The Morgan fingerprint density at radius 3 is 1.57 bits per heavy atom. The minimum absolute atomic E-state index is 0.488. The van der Waals surface area contributed by atoms with Crippen LogP contribution in [0, 0.1) is 5.92 Å². The van der Waals surface area contributed by atoms with Crippen molar-refractivity contribution in [3.63, 3.8) is 0 Å². The van der Waals surface area contributed by atoms with E-state index in [0.29, 0.717) is 5.92 Å². The van der Waals surface area contributed by atoms with Gasteiger partial charge in [0.05, 0.1) is 0 Å². The van der Waals surface area contributed by atoms with Gasteiger partial charge in [-0.15, -0.1) is 0 Å². The summed E-state index contributed by atoms with van der Waals surface area (Å²) in [5.74, 6) is 0.488. The second-order valence-corrected chi connectivity index (χ2v) is 7.30. The molecule has 0 fully saturated rings. The van der Waals surface area contributed by atoms with E-state index >= 15 is 0 Å². The highest BCUT2D eigenvalue weighted by Crippen LogP contribution is 2.24. The van der Waals surface area contributed by atoms with Crippen LogP contribution < -0.4 is 0 Å². The van der Waals surface area contributed by atoms with Crippen molar-refractivity contribution in [2.45, 2.75) is 118 Å². The second kappa shape index (κ2) is 16.3. The lowest BCUT2D eigenvalue weighted by Crippen LogP contribution is -2.02. The highest BCUT2D eigenvalue weighted by atomic mass is 16.1. The summed E-state index contributed by atoms with van der Waals surface area (Å²) in [5, 5.41) is 0. The standard InChI is InChI=1S/C22H41O/c1-5-7-9-11-13-15-17-21(19-23)22(20(3)4)18-16-14-12-10-8-6-2/h20H,5-18H2,1-4H3. The van der Waals surface area contributed by atoms with Gasteiger partial charge in [-0.3, -0.25) is 4.79 Å². The highest BCUT2D eigenvalue weighted by molar-refractivity contribution is 5.75. The van der Waals surface area contributed by atoms with E-state index in [-0.39, 0.29) is 0 Å². The first kappa shape index (κ1) is 22.4. The Bertz CT molecular complexity index is 301. The first-order chi connectivity index (χ1) is 11.2. The van der Waals surface area contributed by atoms with Crippen molar-refractivity contribution >= 4 is 6.29 Å². The fourth-order valence-corrected chi connectivity index (χ4v) is 3.24. The Labute approximate surface area is 146 Å². The molecule has 0 aromatic heterocycles. The molecule has 0 aliphatic rings. The number of carbonyl (C=O) groups excluding carboxylic acids is 1. The van der Waals surface area contributed by atoms with Crippen molar-refractivity contribution in [3.8, 4) is 0 Å². The van der Waals surface area contributed by atoms with Gasteiger partial charge in [-0.1, -0.05) is 97.5 Å². The molecule has 23 heavy (non-hydrogen) atoms. The fourth-order valence-electron chi connectivity index (χ4n) is 3.24. The lowest BCUT2D eigenvalue weighted by atomic mass is 9.90. The summed E-state index contributed by atoms with van der Waals surface area (Å²) >= 11 is 0. The Kier molecular flexibility index (Phi) is 15.9. The van der Waals surface area contributed by atoms with Gasteiger partial charge < -0.3 is 0 Å². The summed E-state index contributed by atoms with van der Waals surface area (Å²) in [6.07, 6.45) is 19.9. The van der Waals surface area contributed by atoms with E-state index in [2.05, 4.69) is 34.0 Å². The molecular weight excluding hydrogens is 280 g/mol. The van der Waals surface area contributed by atoms with Crippen LogP contribution in [0.5, 0.6) is 0 Å². The maximum absolute atomic E-state index is 11.4. The summed E-state index contributed by atoms with van der Waals surface area (Å²) < 4.78 is 0. The second-order valence-electron chi connectivity index (χ2n) is 7.30. The molecule has 0 saturated heterocycles. The molecule has 0 bridgehead atoms. The van der Waals surface area contributed by atoms with Gasteiger partial charge in [0.1, 0.15) is 0 Å². The summed E-state index contributed by atoms with van der Waals surface area (Å²) in [6, 6.07) is 0. The molecular formula is C22H41O. The zero-order valence-corrected chi connectivity index (χ0v) is 16.4. The number of unbranched alkanes of at least 4 members (excludes halogenated alkanes) is 10. The predicted molar refractivity (Wildman–Crippen MR) is 104 cm³/mol.